The van der Waals surface area contributed by atoms with Crippen LogP contribution in [-0.2, 0) is 11.3 Å². The van der Waals surface area contributed by atoms with Crippen molar-refractivity contribution >= 4 is 28.8 Å². The van der Waals surface area contributed by atoms with E-state index in [-0.39, 0.29) is 12.0 Å². The Labute approximate surface area is 222 Å². The molecule has 2 fully saturated rings. The first-order chi connectivity index (χ1) is 18.6. The van der Waals surface area contributed by atoms with Crippen molar-refractivity contribution in [3.63, 3.8) is 0 Å². The minimum atomic E-state index is 0.0703. The van der Waals surface area contributed by atoms with Crippen molar-refractivity contribution < 1.29 is 9.53 Å². The Bertz CT molecular complexity index is 1390. The van der Waals surface area contributed by atoms with Gasteiger partial charge in [0, 0.05) is 44.9 Å². The number of hydrogen-bond donors (Lipinski definition) is 1. The van der Waals surface area contributed by atoms with E-state index in [9.17, 15) is 4.79 Å². The summed E-state index contributed by atoms with van der Waals surface area (Å²) in [6, 6.07) is 18.1. The lowest BCUT2D eigenvalue weighted by Crippen LogP contribution is -2.49. The summed E-state index contributed by atoms with van der Waals surface area (Å²) in [5.41, 5.74) is 4.62. The number of nitrogens with one attached hydrogen (secondary N) is 1. The first kappa shape index (κ1) is 24.4. The third kappa shape index (κ3) is 5.19. The van der Waals surface area contributed by atoms with Crippen LogP contribution in [0, 0.1) is 6.92 Å². The van der Waals surface area contributed by atoms with Gasteiger partial charge in [-0.2, -0.15) is 9.97 Å². The van der Waals surface area contributed by atoms with E-state index >= 15 is 0 Å². The summed E-state index contributed by atoms with van der Waals surface area (Å²) in [6.45, 7) is 6.79. The highest BCUT2D eigenvalue weighted by Gasteiger charge is 2.25. The molecule has 9 heteroatoms. The molecule has 2 aliphatic heterocycles. The third-order valence-electron chi connectivity index (χ3n) is 7.32. The minimum Gasteiger partial charge on any atom is -0.376 e. The summed E-state index contributed by atoms with van der Waals surface area (Å²) < 4.78 is 7.89. The molecule has 1 N–H and O–H groups in total. The molecule has 9 nitrogen and oxygen atoms in total. The second kappa shape index (κ2) is 10.8. The maximum atomic E-state index is 13.0. The Morgan fingerprint density at radius 2 is 1.82 bits per heavy atom. The number of benzene rings is 2. The van der Waals surface area contributed by atoms with Crippen LogP contribution in [0.5, 0.6) is 0 Å². The second-order valence-electron chi connectivity index (χ2n) is 10.1. The second-order valence-corrected chi connectivity index (χ2v) is 10.1. The van der Waals surface area contributed by atoms with E-state index < -0.39 is 0 Å². The lowest BCUT2D eigenvalue weighted by molar-refractivity contribution is 0.0746. The minimum absolute atomic E-state index is 0.0703. The molecule has 196 valence electrons. The van der Waals surface area contributed by atoms with Crippen molar-refractivity contribution in [3.8, 4) is 0 Å². The zero-order valence-corrected chi connectivity index (χ0v) is 21.7. The van der Waals surface area contributed by atoms with Gasteiger partial charge in [0.25, 0.3) is 5.91 Å². The molecule has 1 amide bonds. The highest BCUT2D eigenvalue weighted by molar-refractivity contribution is 5.94. The summed E-state index contributed by atoms with van der Waals surface area (Å²) in [5, 5.41) is 3.50. The number of piperazine rings is 1. The number of ether oxygens (including phenoxy) is 1. The van der Waals surface area contributed by atoms with Crippen LogP contribution in [0.3, 0.4) is 0 Å². The molecule has 1 unspecified atom stereocenters. The molecule has 0 saturated carbocycles. The van der Waals surface area contributed by atoms with Gasteiger partial charge in [-0.05, 0) is 37.5 Å². The standard InChI is InChI=1S/C29H33N7O2/c1-21-9-11-23(12-10-21)28(37)34-13-15-35(16-14-34)29-32-26(30-18-24-8-5-17-38-24)25-27(33-29)36(20-31-25)19-22-6-3-2-4-7-22/h2-4,6-7,9-12,20,24H,5,8,13-19H2,1H3,(H,30,32,33). The molecule has 2 aromatic carbocycles. The normalized spacial score (nSPS) is 17.8. The number of nitrogens with zero attached hydrogens (tertiary/aromatic N) is 6. The lowest BCUT2D eigenvalue weighted by Gasteiger charge is -2.35. The third-order valence-corrected chi connectivity index (χ3v) is 7.32. The Balaban J connectivity index is 1.24. The van der Waals surface area contributed by atoms with Gasteiger partial charge in [0.15, 0.2) is 17.0 Å². The smallest absolute Gasteiger partial charge is 0.253 e. The fourth-order valence-corrected chi connectivity index (χ4v) is 5.10. The molecule has 0 aliphatic carbocycles. The van der Waals surface area contributed by atoms with Crippen LogP contribution < -0.4 is 10.2 Å². The maximum absolute atomic E-state index is 13.0. The first-order valence-electron chi connectivity index (χ1n) is 13.4. The molecular formula is C29H33N7O2. The molecule has 0 spiro atoms. The van der Waals surface area contributed by atoms with Crippen molar-refractivity contribution in [2.45, 2.75) is 32.4 Å². The van der Waals surface area contributed by atoms with E-state index in [0.29, 0.717) is 45.2 Å². The van der Waals surface area contributed by atoms with E-state index in [4.69, 9.17) is 14.7 Å². The number of rotatable bonds is 7. The molecule has 2 aliphatic rings. The Hall–Kier alpha value is -3.98. The van der Waals surface area contributed by atoms with Gasteiger partial charge < -0.3 is 24.4 Å². The summed E-state index contributed by atoms with van der Waals surface area (Å²) in [7, 11) is 0. The fraction of sp³-hybridized carbons (Fsp3) is 0.379. The van der Waals surface area contributed by atoms with Crippen molar-refractivity contribution in [1.29, 1.82) is 0 Å². The van der Waals surface area contributed by atoms with Crippen molar-refractivity contribution in [3.05, 3.63) is 77.6 Å². The maximum Gasteiger partial charge on any atom is 0.253 e. The number of anilines is 2. The molecule has 1 atom stereocenters. The van der Waals surface area contributed by atoms with Gasteiger partial charge in [0.2, 0.25) is 5.95 Å². The number of aryl methyl sites for hydroxylation is 1. The fourth-order valence-electron chi connectivity index (χ4n) is 5.10. The topological polar surface area (TPSA) is 88.4 Å². The Morgan fingerprint density at radius 3 is 2.55 bits per heavy atom. The van der Waals surface area contributed by atoms with E-state index in [0.717, 1.165) is 47.6 Å². The predicted molar refractivity (Wildman–Crippen MR) is 148 cm³/mol. The summed E-state index contributed by atoms with van der Waals surface area (Å²) >= 11 is 0. The molecule has 6 rings (SSSR count). The quantitative estimate of drug-likeness (QED) is 0.404. The van der Waals surface area contributed by atoms with Gasteiger partial charge >= 0.3 is 0 Å². The van der Waals surface area contributed by atoms with Crippen LogP contribution in [-0.4, -0.2) is 75.8 Å². The Morgan fingerprint density at radius 1 is 1.03 bits per heavy atom. The number of aromatic nitrogens is 4. The van der Waals surface area contributed by atoms with Crippen LogP contribution in [0.2, 0.25) is 0 Å². The van der Waals surface area contributed by atoms with Crippen LogP contribution in [0.4, 0.5) is 11.8 Å². The summed E-state index contributed by atoms with van der Waals surface area (Å²) in [5.74, 6) is 1.45. The Kier molecular flexibility index (Phi) is 6.92. The average molecular weight is 512 g/mol. The molecule has 0 radical (unpaired) electrons. The van der Waals surface area contributed by atoms with E-state index in [1.54, 1.807) is 0 Å². The van der Waals surface area contributed by atoms with Crippen molar-refractivity contribution in [2.75, 3.05) is 49.5 Å². The zero-order chi connectivity index (χ0) is 25.9. The van der Waals surface area contributed by atoms with Gasteiger partial charge in [0.05, 0.1) is 19.0 Å². The number of carbonyl (C=O) groups is 1. The average Bonchev–Trinajstić information content (AvgIpc) is 3.63. The molecule has 0 bridgehead atoms. The van der Waals surface area contributed by atoms with Gasteiger partial charge in [-0.3, -0.25) is 4.79 Å². The van der Waals surface area contributed by atoms with Crippen LogP contribution in [0.15, 0.2) is 60.9 Å². The molecule has 2 saturated heterocycles. The lowest BCUT2D eigenvalue weighted by atomic mass is 10.1. The van der Waals surface area contributed by atoms with Gasteiger partial charge in [-0.25, -0.2) is 4.98 Å². The van der Waals surface area contributed by atoms with Gasteiger partial charge in [-0.1, -0.05) is 48.0 Å². The van der Waals surface area contributed by atoms with Gasteiger partial charge in [0.1, 0.15) is 0 Å². The molecule has 4 heterocycles. The van der Waals surface area contributed by atoms with E-state index in [1.807, 2.05) is 60.6 Å². The summed E-state index contributed by atoms with van der Waals surface area (Å²) in [4.78, 5) is 31.7. The predicted octanol–water partition coefficient (Wildman–Crippen LogP) is 3.74. The number of fused-ring (bicyclic) bond motifs is 1. The van der Waals surface area contributed by atoms with Crippen LogP contribution in [0.25, 0.3) is 11.2 Å². The largest absolute Gasteiger partial charge is 0.376 e. The molecule has 2 aromatic heterocycles. The first-order valence-corrected chi connectivity index (χ1v) is 13.4. The number of amides is 1. The van der Waals surface area contributed by atoms with Crippen LogP contribution >= 0.6 is 0 Å². The number of imidazole rings is 1. The van der Waals surface area contributed by atoms with Crippen LogP contribution in [0.1, 0.15) is 34.3 Å². The van der Waals surface area contributed by atoms with Crippen molar-refractivity contribution in [1.82, 2.24) is 24.4 Å². The molecular weight excluding hydrogens is 478 g/mol. The number of hydrogen-bond acceptors (Lipinski definition) is 7. The SMILES string of the molecule is Cc1ccc(C(=O)N2CCN(c3nc(NCC4CCCO4)c4ncn(Cc5ccccc5)c4n3)CC2)cc1. The van der Waals surface area contributed by atoms with Gasteiger partial charge in [-0.15, -0.1) is 0 Å². The highest BCUT2D eigenvalue weighted by atomic mass is 16.5. The highest BCUT2D eigenvalue weighted by Crippen LogP contribution is 2.25. The number of carbonyl (C=O) groups excluding carboxylic acids is 1. The monoisotopic (exact) mass is 511 g/mol. The van der Waals surface area contributed by atoms with E-state index in [2.05, 4.69) is 31.9 Å². The molecule has 4 aromatic rings. The molecule has 38 heavy (non-hydrogen) atoms. The summed E-state index contributed by atoms with van der Waals surface area (Å²) in [6.07, 6.45) is 4.17. The van der Waals surface area contributed by atoms with E-state index in [1.165, 1.54) is 5.56 Å². The zero-order valence-electron chi connectivity index (χ0n) is 21.7. The van der Waals surface area contributed by atoms with Crippen molar-refractivity contribution in [2.24, 2.45) is 0 Å².